The van der Waals surface area contributed by atoms with Crippen LogP contribution in [-0.2, 0) is 23.1 Å². The number of nitrogens with zero attached hydrogens (tertiary/aromatic N) is 3. The maximum absolute atomic E-state index is 13.8. The van der Waals surface area contributed by atoms with Gasteiger partial charge in [-0.2, -0.15) is 4.31 Å². The highest BCUT2D eigenvalue weighted by Gasteiger charge is 2.29. The molecule has 1 fully saturated rings. The topological polar surface area (TPSA) is 77.0 Å². The van der Waals surface area contributed by atoms with Crippen molar-refractivity contribution >= 4 is 16.0 Å². The van der Waals surface area contributed by atoms with Gasteiger partial charge in [0.2, 0.25) is 10.0 Å². The lowest BCUT2D eigenvalue weighted by Gasteiger charge is -2.32. The standard InChI is InChI=1S/C21H28FN5O2S/c1-23-21(24-15-17-7-3-5-9-19(17)22)25-16-18-8-4-6-10-20(18)30(28,29)27-13-11-26(2)12-14-27/h3-10H,11-16H2,1-2H3,(H2,23,24,25). The quantitative estimate of drug-likeness (QED) is 0.535. The monoisotopic (exact) mass is 433 g/mol. The Morgan fingerprint density at radius 3 is 2.17 bits per heavy atom. The van der Waals surface area contributed by atoms with E-state index in [4.69, 9.17) is 0 Å². The van der Waals surface area contributed by atoms with E-state index in [0.717, 1.165) is 0 Å². The molecule has 3 rings (SSSR count). The van der Waals surface area contributed by atoms with E-state index in [9.17, 15) is 12.8 Å². The smallest absolute Gasteiger partial charge is 0.243 e. The van der Waals surface area contributed by atoms with Crippen LogP contribution in [0.3, 0.4) is 0 Å². The van der Waals surface area contributed by atoms with E-state index in [2.05, 4.69) is 20.5 Å². The molecule has 0 aromatic heterocycles. The molecule has 1 aliphatic heterocycles. The number of piperazine rings is 1. The number of likely N-dealkylation sites (N-methyl/N-ethyl adjacent to an activating group) is 1. The molecule has 7 nitrogen and oxygen atoms in total. The number of hydrogen-bond acceptors (Lipinski definition) is 4. The summed E-state index contributed by atoms with van der Waals surface area (Å²) in [6.45, 7) is 2.94. The van der Waals surface area contributed by atoms with Gasteiger partial charge in [-0.3, -0.25) is 4.99 Å². The van der Waals surface area contributed by atoms with Gasteiger partial charge in [0.05, 0.1) is 4.90 Å². The number of benzene rings is 2. The zero-order valence-electron chi connectivity index (χ0n) is 17.3. The van der Waals surface area contributed by atoms with Crippen molar-refractivity contribution in [1.29, 1.82) is 0 Å². The molecule has 1 aliphatic rings. The van der Waals surface area contributed by atoms with Crippen LogP contribution in [0.1, 0.15) is 11.1 Å². The highest BCUT2D eigenvalue weighted by Crippen LogP contribution is 2.21. The maximum Gasteiger partial charge on any atom is 0.243 e. The first-order valence-corrected chi connectivity index (χ1v) is 11.3. The summed E-state index contributed by atoms with van der Waals surface area (Å²) in [5.41, 5.74) is 1.18. The lowest BCUT2D eigenvalue weighted by atomic mass is 10.2. The van der Waals surface area contributed by atoms with Crippen LogP contribution in [0.2, 0.25) is 0 Å². The summed E-state index contributed by atoms with van der Waals surface area (Å²) >= 11 is 0. The summed E-state index contributed by atoms with van der Waals surface area (Å²) in [5.74, 6) is 0.175. The number of guanidine groups is 1. The Balaban J connectivity index is 1.67. The molecule has 9 heteroatoms. The molecule has 1 heterocycles. The molecular weight excluding hydrogens is 405 g/mol. The van der Waals surface area contributed by atoms with Gasteiger partial charge in [-0.15, -0.1) is 0 Å². The second-order valence-corrected chi connectivity index (χ2v) is 9.09. The Hall–Kier alpha value is -2.49. The molecule has 1 saturated heterocycles. The lowest BCUT2D eigenvalue weighted by Crippen LogP contribution is -2.47. The van der Waals surface area contributed by atoms with Gasteiger partial charge in [-0.05, 0) is 24.7 Å². The lowest BCUT2D eigenvalue weighted by molar-refractivity contribution is 0.222. The third-order valence-electron chi connectivity index (χ3n) is 5.13. The van der Waals surface area contributed by atoms with Crippen LogP contribution in [0, 0.1) is 5.82 Å². The van der Waals surface area contributed by atoms with E-state index in [1.807, 2.05) is 13.1 Å². The SMILES string of the molecule is CN=C(NCc1ccccc1F)NCc1ccccc1S(=O)(=O)N1CCN(C)CC1. The average molecular weight is 434 g/mol. The molecule has 0 amide bonds. The molecule has 30 heavy (non-hydrogen) atoms. The van der Waals surface area contributed by atoms with Crippen molar-refractivity contribution in [3.63, 3.8) is 0 Å². The minimum Gasteiger partial charge on any atom is -0.352 e. The largest absolute Gasteiger partial charge is 0.352 e. The Morgan fingerprint density at radius 2 is 1.53 bits per heavy atom. The van der Waals surface area contributed by atoms with Crippen molar-refractivity contribution in [3.05, 3.63) is 65.5 Å². The van der Waals surface area contributed by atoms with Crippen LogP contribution in [0.5, 0.6) is 0 Å². The van der Waals surface area contributed by atoms with Crippen molar-refractivity contribution in [2.24, 2.45) is 4.99 Å². The first kappa shape index (κ1) is 22.2. The minimum atomic E-state index is -3.57. The average Bonchev–Trinajstić information content (AvgIpc) is 2.75. The summed E-state index contributed by atoms with van der Waals surface area (Å²) < 4.78 is 41.7. The van der Waals surface area contributed by atoms with Crippen LogP contribution in [0.25, 0.3) is 0 Å². The van der Waals surface area contributed by atoms with Crippen LogP contribution < -0.4 is 10.6 Å². The van der Waals surface area contributed by atoms with E-state index in [1.54, 1.807) is 43.4 Å². The van der Waals surface area contributed by atoms with Crippen LogP contribution in [-0.4, -0.2) is 63.9 Å². The zero-order valence-corrected chi connectivity index (χ0v) is 18.1. The predicted octanol–water partition coefficient (Wildman–Crippen LogP) is 1.63. The van der Waals surface area contributed by atoms with Crippen LogP contribution >= 0.6 is 0 Å². The molecule has 2 N–H and O–H groups in total. The van der Waals surface area contributed by atoms with Crippen LogP contribution in [0.15, 0.2) is 58.4 Å². The van der Waals surface area contributed by atoms with Crippen molar-refractivity contribution in [2.45, 2.75) is 18.0 Å². The second-order valence-electron chi connectivity index (χ2n) is 7.19. The third kappa shape index (κ3) is 5.35. The Morgan fingerprint density at radius 1 is 0.967 bits per heavy atom. The van der Waals surface area contributed by atoms with Gasteiger partial charge in [0, 0.05) is 51.9 Å². The molecule has 0 saturated carbocycles. The Kier molecular flexibility index (Phi) is 7.41. The third-order valence-corrected chi connectivity index (χ3v) is 7.13. The molecule has 2 aromatic rings. The first-order chi connectivity index (χ1) is 14.4. The van der Waals surface area contributed by atoms with E-state index in [0.29, 0.717) is 48.2 Å². The molecule has 162 valence electrons. The summed E-state index contributed by atoms with van der Waals surface area (Å²) in [7, 11) is 0.0277. The number of aliphatic imine (C=N–C) groups is 1. The van der Waals surface area contributed by atoms with Gasteiger partial charge in [0.1, 0.15) is 5.82 Å². The number of halogens is 1. The van der Waals surface area contributed by atoms with Gasteiger partial charge in [-0.1, -0.05) is 36.4 Å². The summed E-state index contributed by atoms with van der Waals surface area (Å²) in [6, 6.07) is 13.5. The molecule has 0 aliphatic carbocycles. The zero-order chi connectivity index (χ0) is 21.6. The number of nitrogens with one attached hydrogen (secondary N) is 2. The first-order valence-electron chi connectivity index (χ1n) is 9.86. The Labute approximate surface area is 177 Å². The molecule has 2 aromatic carbocycles. The fourth-order valence-electron chi connectivity index (χ4n) is 3.29. The fourth-order valence-corrected chi connectivity index (χ4v) is 4.93. The predicted molar refractivity (Wildman–Crippen MR) is 116 cm³/mol. The number of hydrogen-bond donors (Lipinski definition) is 2. The maximum atomic E-state index is 13.8. The van der Waals surface area contributed by atoms with E-state index in [1.165, 1.54) is 10.4 Å². The molecule has 0 atom stereocenters. The normalized spacial score (nSPS) is 16.4. The van der Waals surface area contributed by atoms with Gasteiger partial charge in [-0.25, -0.2) is 12.8 Å². The van der Waals surface area contributed by atoms with E-state index < -0.39 is 10.0 Å². The summed E-state index contributed by atoms with van der Waals surface area (Å²) in [4.78, 5) is 6.56. The van der Waals surface area contributed by atoms with Crippen molar-refractivity contribution in [1.82, 2.24) is 19.8 Å². The van der Waals surface area contributed by atoms with E-state index in [-0.39, 0.29) is 18.9 Å². The van der Waals surface area contributed by atoms with Gasteiger partial charge >= 0.3 is 0 Å². The molecule has 0 radical (unpaired) electrons. The highest BCUT2D eigenvalue weighted by molar-refractivity contribution is 7.89. The second kappa shape index (κ2) is 10.0. The molecule has 0 unspecified atom stereocenters. The molecular formula is C21H28FN5O2S. The summed E-state index contributed by atoms with van der Waals surface area (Å²) in [5, 5.41) is 6.18. The van der Waals surface area contributed by atoms with Gasteiger partial charge in [0.15, 0.2) is 5.96 Å². The summed E-state index contributed by atoms with van der Waals surface area (Å²) in [6.07, 6.45) is 0. The Bertz CT molecular complexity index is 988. The number of sulfonamides is 1. The fraction of sp³-hybridized carbons (Fsp3) is 0.381. The highest BCUT2D eigenvalue weighted by atomic mass is 32.2. The minimum absolute atomic E-state index is 0.271. The van der Waals surface area contributed by atoms with Crippen molar-refractivity contribution in [2.75, 3.05) is 40.3 Å². The molecule has 0 bridgehead atoms. The van der Waals surface area contributed by atoms with Gasteiger partial charge in [0.25, 0.3) is 0 Å². The van der Waals surface area contributed by atoms with E-state index >= 15 is 0 Å². The van der Waals surface area contributed by atoms with Crippen LogP contribution in [0.4, 0.5) is 4.39 Å². The van der Waals surface area contributed by atoms with Gasteiger partial charge < -0.3 is 15.5 Å². The number of rotatable bonds is 6. The molecule has 0 spiro atoms. The van der Waals surface area contributed by atoms with Crippen molar-refractivity contribution in [3.8, 4) is 0 Å². The van der Waals surface area contributed by atoms with Crippen molar-refractivity contribution < 1.29 is 12.8 Å².